The van der Waals surface area contributed by atoms with Crippen molar-refractivity contribution in [3.05, 3.63) is 30.2 Å². The van der Waals surface area contributed by atoms with Crippen LogP contribution in [-0.4, -0.2) is 13.2 Å². The van der Waals surface area contributed by atoms with Gasteiger partial charge < -0.3 is 9.47 Å². The van der Waals surface area contributed by atoms with Crippen LogP contribution in [0.15, 0.2) is 18.2 Å². The van der Waals surface area contributed by atoms with Gasteiger partial charge >= 0.3 is 0 Å². The molecule has 0 saturated heterocycles. The minimum Gasteiger partial charge on any atom is -0.494 e. The maximum atomic E-state index is 5.51. The molecule has 0 spiro atoms. The fourth-order valence-corrected chi connectivity index (χ4v) is 1.52. The van der Waals surface area contributed by atoms with Crippen molar-refractivity contribution in [1.29, 1.82) is 0 Å². The summed E-state index contributed by atoms with van der Waals surface area (Å²) in [5.41, 5.74) is 1.18. The Balaban J connectivity index is 2.80. The van der Waals surface area contributed by atoms with Crippen molar-refractivity contribution in [3.63, 3.8) is 0 Å². The van der Waals surface area contributed by atoms with Gasteiger partial charge in [0.05, 0.1) is 13.2 Å². The Bertz CT molecular complexity index is 283. The highest BCUT2D eigenvalue weighted by Crippen LogP contribution is 2.24. The van der Waals surface area contributed by atoms with Gasteiger partial charge in [-0.2, -0.15) is 0 Å². The molecule has 1 aromatic rings. The smallest absolute Gasteiger partial charge is 0.123 e. The van der Waals surface area contributed by atoms with Crippen molar-refractivity contribution >= 4 is 0 Å². The SMILES string of the molecule is CCC[CH]c1cc(OCC)cc(OCC)c1. The van der Waals surface area contributed by atoms with Gasteiger partial charge in [0.15, 0.2) is 0 Å². The standard InChI is InChI=1S/C14H21O2/c1-4-7-8-12-9-13(15-5-2)11-14(10-12)16-6-3/h8-11H,4-7H2,1-3H3. The van der Waals surface area contributed by atoms with Crippen molar-refractivity contribution in [2.24, 2.45) is 0 Å². The minimum absolute atomic E-state index is 0.683. The lowest BCUT2D eigenvalue weighted by atomic mass is 10.1. The van der Waals surface area contributed by atoms with E-state index in [1.165, 1.54) is 5.56 Å². The molecule has 89 valence electrons. The number of hydrogen-bond donors (Lipinski definition) is 0. The lowest BCUT2D eigenvalue weighted by Gasteiger charge is -2.10. The van der Waals surface area contributed by atoms with Gasteiger partial charge in [0.2, 0.25) is 0 Å². The van der Waals surface area contributed by atoms with Gasteiger partial charge in [0.25, 0.3) is 0 Å². The summed E-state index contributed by atoms with van der Waals surface area (Å²) in [5, 5.41) is 0. The molecule has 0 aliphatic rings. The molecule has 0 bridgehead atoms. The molecule has 0 saturated carbocycles. The maximum absolute atomic E-state index is 5.51. The molecule has 0 atom stereocenters. The summed E-state index contributed by atoms with van der Waals surface area (Å²) in [5.74, 6) is 1.77. The van der Waals surface area contributed by atoms with E-state index >= 15 is 0 Å². The quantitative estimate of drug-likeness (QED) is 0.696. The second kappa shape index (κ2) is 7.15. The molecule has 0 heterocycles. The zero-order valence-corrected chi connectivity index (χ0v) is 10.5. The molecule has 1 aromatic carbocycles. The lowest BCUT2D eigenvalue weighted by molar-refractivity contribution is 0.323. The predicted octanol–water partition coefficient (Wildman–Crippen LogP) is 3.84. The van der Waals surface area contributed by atoms with E-state index in [1.807, 2.05) is 19.9 Å². The van der Waals surface area contributed by atoms with Crippen LogP contribution in [0.2, 0.25) is 0 Å². The van der Waals surface area contributed by atoms with Gasteiger partial charge in [-0.1, -0.05) is 13.3 Å². The summed E-state index contributed by atoms with van der Waals surface area (Å²) < 4.78 is 11.0. The van der Waals surface area contributed by atoms with Crippen LogP contribution in [0.25, 0.3) is 0 Å². The Kier molecular flexibility index (Phi) is 5.76. The van der Waals surface area contributed by atoms with E-state index in [2.05, 4.69) is 25.5 Å². The number of rotatable bonds is 7. The largest absolute Gasteiger partial charge is 0.494 e. The van der Waals surface area contributed by atoms with E-state index in [9.17, 15) is 0 Å². The van der Waals surface area contributed by atoms with Crippen LogP contribution >= 0.6 is 0 Å². The molecule has 0 aliphatic carbocycles. The Morgan fingerprint density at radius 1 is 0.938 bits per heavy atom. The third-order valence-corrected chi connectivity index (χ3v) is 2.19. The predicted molar refractivity (Wildman–Crippen MR) is 67.1 cm³/mol. The van der Waals surface area contributed by atoms with Gasteiger partial charge in [0, 0.05) is 6.07 Å². The molecule has 0 aliphatic heterocycles. The van der Waals surface area contributed by atoms with Gasteiger partial charge in [0.1, 0.15) is 11.5 Å². The molecule has 0 unspecified atom stereocenters. The molecule has 2 nitrogen and oxygen atoms in total. The summed E-state index contributed by atoms with van der Waals surface area (Å²) in [4.78, 5) is 0. The molecule has 1 rings (SSSR count). The number of hydrogen-bond acceptors (Lipinski definition) is 2. The van der Waals surface area contributed by atoms with Crippen LogP contribution < -0.4 is 9.47 Å². The third kappa shape index (κ3) is 4.13. The highest BCUT2D eigenvalue weighted by molar-refractivity contribution is 5.41. The molecule has 0 N–H and O–H groups in total. The summed E-state index contributed by atoms with van der Waals surface area (Å²) in [7, 11) is 0. The first-order chi connectivity index (χ1) is 7.80. The summed E-state index contributed by atoms with van der Waals surface area (Å²) in [6, 6.07) is 6.06. The Morgan fingerprint density at radius 3 is 1.94 bits per heavy atom. The maximum Gasteiger partial charge on any atom is 0.123 e. The normalized spacial score (nSPS) is 10.2. The zero-order valence-electron chi connectivity index (χ0n) is 10.5. The number of unbranched alkanes of at least 4 members (excludes halogenated alkanes) is 1. The average Bonchev–Trinajstić information content (AvgIpc) is 2.27. The Hall–Kier alpha value is -1.18. The summed E-state index contributed by atoms with van der Waals surface area (Å²) >= 11 is 0. The van der Waals surface area contributed by atoms with E-state index in [0.717, 1.165) is 24.3 Å². The Labute approximate surface area is 98.6 Å². The fraction of sp³-hybridized carbons (Fsp3) is 0.500. The van der Waals surface area contributed by atoms with Crippen LogP contribution in [0.3, 0.4) is 0 Å². The highest BCUT2D eigenvalue weighted by Gasteiger charge is 2.02. The minimum atomic E-state index is 0.683. The highest BCUT2D eigenvalue weighted by atomic mass is 16.5. The fourth-order valence-electron chi connectivity index (χ4n) is 1.52. The second-order valence-corrected chi connectivity index (χ2v) is 3.60. The topological polar surface area (TPSA) is 18.5 Å². The van der Waals surface area contributed by atoms with Gasteiger partial charge in [-0.15, -0.1) is 0 Å². The van der Waals surface area contributed by atoms with Crippen molar-refractivity contribution in [2.75, 3.05) is 13.2 Å². The molecular weight excluding hydrogens is 200 g/mol. The average molecular weight is 221 g/mol. The lowest BCUT2D eigenvalue weighted by Crippen LogP contribution is -1.96. The van der Waals surface area contributed by atoms with Crippen LogP contribution in [0.1, 0.15) is 39.2 Å². The Morgan fingerprint density at radius 2 is 1.50 bits per heavy atom. The molecule has 1 radical (unpaired) electrons. The molecule has 16 heavy (non-hydrogen) atoms. The van der Waals surface area contributed by atoms with E-state index < -0.39 is 0 Å². The molecule has 2 heteroatoms. The van der Waals surface area contributed by atoms with E-state index in [-0.39, 0.29) is 0 Å². The van der Waals surface area contributed by atoms with Crippen LogP contribution in [0.4, 0.5) is 0 Å². The monoisotopic (exact) mass is 221 g/mol. The first-order valence-corrected chi connectivity index (χ1v) is 6.04. The van der Waals surface area contributed by atoms with Crippen LogP contribution in [-0.2, 0) is 0 Å². The first-order valence-electron chi connectivity index (χ1n) is 6.04. The van der Waals surface area contributed by atoms with Gasteiger partial charge in [-0.25, -0.2) is 0 Å². The van der Waals surface area contributed by atoms with Crippen molar-refractivity contribution in [1.82, 2.24) is 0 Å². The molecule has 0 fully saturated rings. The van der Waals surface area contributed by atoms with Crippen molar-refractivity contribution in [2.45, 2.75) is 33.6 Å². The second-order valence-electron chi connectivity index (χ2n) is 3.60. The first kappa shape index (κ1) is 12.9. The van der Waals surface area contributed by atoms with E-state index in [1.54, 1.807) is 0 Å². The van der Waals surface area contributed by atoms with Gasteiger partial charge in [-0.3, -0.25) is 0 Å². The zero-order chi connectivity index (χ0) is 11.8. The van der Waals surface area contributed by atoms with Crippen molar-refractivity contribution in [3.8, 4) is 11.5 Å². The third-order valence-electron chi connectivity index (χ3n) is 2.19. The number of ether oxygens (including phenoxy) is 2. The molecule has 0 aromatic heterocycles. The van der Waals surface area contributed by atoms with Crippen LogP contribution in [0.5, 0.6) is 11.5 Å². The number of benzene rings is 1. The van der Waals surface area contributed by atoms with Gasteiger partial charge in [-0.05, 0) is 44.4 Å². The summed E-state index contributed by atoms with van der Waals surface area (Å²) in [6.07, 6.45) is 4.45. The summed E-state index contributed by atoms with van der Waals surface area (Å²) in [6.45, 7) is 7.52. The molecular formula is C14H21O2. The van der Waals surface area contributed by atoms with E-state index in [4.69, 9.17) is 9.47 Å². The van der Waals surface area contributed by atoms with Crippen LogP contribution in [0, 0.1) is 6.42 Å². The molecule has 0 amide bonds. The van der Waals surface area contributed by atoms with Crippen molar-refractivity contribution < 1.29 is 9.47 Å². The van der Waals surface area contributed by atoms with E-state index in [0.29, 0.717) is 13.2 Å².